The zero-order valence-corrected chi connectivity index (χ0v) is 13.1. The van der Waals surface area contributed by atoms with Crippen LogP contribution in [0.5, 0.6) is 5.75 Å². The molecule has 8 nitrogen and oxygen atoms in total. The van der Waals surface area contributed by atoms with Crippen LogP contribution in [-0.2, 0) is 22.7 Å². The number of nitrogens with zero attached hydrogens (tertiary/aromatic N) is 3. The smallest absolute Gasteiger partial charge is 0.328 e. The molecule has 0 aliphatic heterocycles. The predicted molar refractivity (Wildman–Crippen MR) is 81.1 cm³/mol. The van der Waals surface area contributed by atoms with Crippen molar-refractivity contribution in [2.75, 3.05) is 7.11 Å². The van der Waals surface area contributed by atoms with E-state index < -0.39 is 10.9 Å². The van der Waals surface area contributed by atoms with Gasteiger partial charge in [0.05, 0.1) is 12.0 Å². The van der Waals surface area contributed by atoms with E-state index in [1.54, 1.807) is 38.3 Å². The summed E-state index contributed by atoms with van der Waals surface area (Å²) in [4.78, 5) is 22.3. The highest BCUT2D eigenvalue weighted by Gasteiger charge is 2.23. The Bertz CT molecular complexity index is 721. The van der Waals surface area contributed by atoms with Crippen molar-refractivity contribution in [1.82, 2.24) is 9.78 Å². The highest BCUT2D eigenvalue weighted by molar-refractivity contribution is 5.69. The predicted octanol–water partition coefficient (Wildman–Crippen LogP) is 2.16. The van der Waals surface area contributed by atoms with Crippen LogP contribution in [0, 0.1) is 24.0 Å². The summed E-state index contributed by atoms with van der Waals surface area (Å²) >= 11 is 0. The third kappa shape index (κ3) is 3.85. The fraction of sp³-hybridized carbons (Fsp3) is 0.333. The van der Waals surface area contributed by atoms with E-state index in [1.807, 2.05) is 0 Å². The molecule has 0 bridgehead atoms. The molecular formula is C15H17N3O5. The lowest BCUT2D eigenvalue weighted by molar-refractivity contribution is -0.386. The zero-order valence-electron chi connectivity index (χ0n) is 13.1. The van der Waals surface area contributed by atoms with E-state index in [9.17, 15) is 14.9 Å². The fourth-order valence-corrected chi connectivity index (χ4v) is 2.16. The minimum absolute atomic E-state index is 0.0760. The van der Waals surface area contributed by atoms with Gasteiger partial charge in [-0.05, 0) is 31.5 Å². The summed E-state index contributed by atoms with van der Waals surface area (Å²) < 4.78 is 11.5. The maximum Gasteiger partial charge on any atom is 0.328 e. The van der Waals surface area contributed by atoms with Crippen molar-refractivity contribution in [2.45, 2.75) is 27.0 Å². The molecule has 2 aromatic rings. The molecule has 0 spiro atoms. The summed E-state index contributed by atoms with van der Waals surface area (Å²) in [5.74, 6) is 0.205. The van der Waals surface area contributed by atoms with E-state index in [2.05, 4.69) is 5.10 Å². The van der Waals surface area contributed by atoms with E-state index in [-0.39, 0.29) is 24.5 Å². The molecule has 0 radical (unpaired) electrons. The van der Waals surface area contributed by atoms with E-state index in [1.165, 1.54) is 11.6 Å². The molecule has 23 heavy (non-hydrogen) atoms. The zero-order chi connectivity index (χ0) is 17.0. The summed E-state index contributed by atoms with van der Waals surface area (Å²) in [6.07, 6.45) is 0. The minimum atomic E-state index is -0.513. The van der Waals surface area contributed by atoms with Crippen LogP contribution in [0.4, 0.5) is 5.69 Å². The standard InChI is InChI=1S/C15H17N3O5/c1-10-15(18(20)21)11(2)17(16-10)8-14(19)23-9-12-4-6-13(22-3)7-5-12/h4-7H,8-9H2,1-3H3. The van der Waals surface area contributed by atoms with Gasteiger partial charge in [-0.15, -0.1) is 0 Å². The quantitative estimate of drug-likeness (QED) is 0.460. The van der Waals surface area contributed by atoms with Crippen molar-refractivity contribution in [3.63, 3.8) is 0 Å². The first-order valence-electron chi connectivity index (χ1n) is 6.89. The maximum absolute atomic E-state index is 11.9. The molecule has 0 saturated carbocycles. The number of benzene rings is 1. The van der Waals surface area contributed by atoms with Crippen LogP contribution >= 0.6 is 0 Å². The van der Waals surface area contributed by atoms with Gasteiger partial charge in [0.15, 0.2) is 0 Å². The lowest BCUT2D eigenvalue weighted by Crippen LogP contribution is -2.15. The van der Waals surface area contributed by atoms with Crippen molar-refractivity contribution >= 4 is 11.7 Å². The topological polar surface area (TPSA) is 96.5 Å². The molecule has 8 heteroatoms. The number of aryl methyl sites for hydroxylation is 1. The Kier molecular flexibility index (Phi) is 4.95. The van der Waals surface area contributed by atoms with Gasteiger partial charge < -0.3 is 9.47 Å². The molecule has 122 valence electrons. The van der Waals surface area contributed by atoms with Gasteiger partial charge in [-0.25, -0.2) is 0 Å². The Balaban J connectivity index is 1.97. The first-order chi connectivity index (χ1) is 10.9. The first-order valence-corrected chi connectivity index (χ1v) is 6.89. The summed E-state index contributed by atoms with van der Waals surface area (Å²) in [6.45, 7) is 3.03. The Labute approximate surface area is 132 Å². The molecule has 0 amide bonds. The summed E-state index contributed by atoms with van der Waals surface area (Å²) in [5.41, 5.74) is 1.34. The molecule has 0 saturated heterocycles. The molecule has 0 fully saturated rings. The summed E-state index contributed by atoms with van der Waals surface area (Å²) in [5, 5.41) is 14.9. The van der Waals surface area contributed by atoms with Gasteiger partial charge in [-0.2, -0.15) is 5.10 Å². The largest absolute Gasteiger partial charge is 0.497 e. The van der Waals surface area contributed by atoms with Gasteiger partial charge in [0.25, 0.3) is 0 Å². The number of rotatable bonds is 6. The van der Waals surface area contributed by atoms with Gasteiger partial charge >= 0.3 is 11.7 Å². The van der Waals surface area contributed by atoms with Crippen LogP contribution in [0.3, 0.4) is 0 Å². The molecule has 1 aromatic heterocycles. The Morgan fingerprint density at radius 2 is 1.96 bits per heavy atom. The summed E-state index contributed by atoms with van der Waals surface area (Å²) in [7, 11) is 1.57. The molecule has 0 aliphatic rings. The molecule has 0 unspecified atom stereocenters. The number of aromatic nitrogens is 2. The van der Waals surface area contributed by atoms with Gasteiger partial charge in [0.2, 0.25) is 0 Å². The van der Waals surface area contributed by atoms with Crippen molar-refractivity contribution in [2.24, 2.45) is 0 Å². The van der Waals surface area contributed by atoms with Gasteiger partial charge in [-0.1, -0.05) is 12.1 Å². The van der Waals surface area contributed by atoms with Gasteiger partial charge in [0.1, 0.15) is 30.3 Å². The lowest BCUT2D eigenvalue weighted by atomic mass is 10.2. The Morgan fingerprint density at radius 1 is 1.30 bits per heavy atom. The molecule has 1 aromatic carbocycles. The molecule has 0 N–H and O–H groups in total. The number of esters is 1. The van der Waals surface area contributed by atoms with Crippen LogP contribution < -0.4 is 4.74 Å². The second-order valence-electron chi connectivity index (χ2n) is 4.94. The monoisotopic (exact) mass is 319 g/mol. The van der Waals surface area contributed by atoms with Gasteiger partial charge in [-0.3, -0.25) is 19.6 Å². The number of methoxy groups -OCH3 is 1. The van der Waals surface area contributed by atoms with Crippen molar-refractivity contribution in [3.8, 4) is 5.75 Å². The third-order valence-electron chi connectivity index (χ3n) is 3.36. The number of carbonyl (C=O) groups excluding carboxylic acids is 1. The first kappa shape index (κ1) is 16.5. The van der Waals surface area contributed by atoms with Crippen molar-refractivity contribution < 1.29 is 19.2 Å². The fourth-order valence-electron chi connectivity index (χ4n) is 2.16. The van der Waals surface area contributed by atoms with E-state index in [4.69, 9.17) is 9.47 Å². The number of ether oxygens (including phenoxy) is 2. The Hall–Kier alpha value is -2.90. The van der Waals surface area contributed by atoms with Crippen molar-refractivity contribution in [1.29, 1.82) is 0 Å². The van der Waals surface area contributed by atoms with Crippen LogP contribution in [0.15, 0.2) is 24.3 Å². The number of hydrogen-bond acceptors (Lipinski definition) is 6. The normalized spacial score (nSPS) is 10.4. The van der Waals surface area contributed by atoms with Crippen LogP contribution in [0.25, 0.3) is 0 Å². The minimum Gasteiger partial charge on any atom is -0.497 e. The average Bonchev–Trinajstić information content (AvgIpc) is 2.79. The third-order valence-corrected chi connectivity index (χ3v) is 3.36. The van der Waals surface area contributed by atoms with E-state index in [0.717, 1.165) is 11.3 Å². The SMILES string of the molecule is COc1ccc(COC(=O)Cn2nc(C)c([N+](=O)[O-])c2C)cc1. The second-order valence-corrected chi connectivity index (χ2v) is 4.94. The van der Waals surface area contributed by atoms with Crippen LogP contribution in [-0.4, -0.2) is 27.8 Å². The summed E-state index contributed by atoms with van der Waals surface area (Å²) in [6, 6.07) is 7.13. The second kappa shape index (κ2) is 6.91. The molecule has 0 aliphatic carbocycles. The van der Waals surface area contributed by atoms with Crippen LogP contribution in [0.2, 0.25) is 0 Å². The molecule has 2 rings (SSSR count). The number of nitro groups is 1. The maximum atomic E-state index is 11.9. The molecular weight excluding hydrogens is 302 g/mol. The van der Waals surface area contributed by atoms with E-state index in [0.29, 0.717) is 5.69 Å². The molecule has 1 heterocycles. The highest BCUT2D eigenvalue weighted by atomic mass is 16.6. The van der Waals surface area contributed by atoms with E-state index >= 15 is 0 Å². The number of hydrogen-bond donors (Lipinski definition) is 0. The lowest BCUT2D eigenvalue weighted by Gasteiger charge is -2.07. The van der Waals surface area contributed by atoms with Crippen LogP contribution in [0.1, 0.15) is 17.0 Å². The Morgan fingerprint density at radius 3 is 2.48 bits per heavy atom. The average molecular weight is 319 g/mol. The van der Waals surface area contributed by atoms with Gasteiger partial charge in [0, 0.05) is 0 Å². The molecule has 0 atom stereocenters. The highest BCUT2D eigenvalue weighted by Crippen LogP contribution is 2.21. The van der Waals surface area contributed by atoms with Crippen molar-refractivity contribution in [3.05, 3.63) is 51.3 Å². The number of carbonyl (C=O) groups is 1.